The van der Waals surface area contributed by atoms with Crippen LogP contribution in [-0.2, 0) is 14.3 Å². The van der Waals surface area contributed by atoms with Crippen molar-refractivity contribution in [3.05, 3.63) is 0 Å². The van der Waals surface area contributed by atoms with Crippen LogP contribution in [0.25, 0.3) is 0 Å². The van der Waals surface area contributed by atoms with E-state index in [9.17, 15) is 9.59 Å². The minimum absolute atomic E-state index is 0.0120. The van der Waals surface area contributed by atoms with E-state index in [-0.39, 0.29) is 5.96 Å². The zero-order valence-electron chi connectivity index (χ0n) is 11.1. The molecule has 0 fully saturated rings. The van der Waals surface area contributed by atoms with E-state index in [1.54, 1.807) is 20.8 Å². The van der Waals surface area contributed by atoms with Gasteiger partial charge in [0.15, 0.2) is 5.96 Å². The van der Waals surface area contributed by atoms with Crippen molar-refractivity contribution < 1.29 is 14.3 Å². The van der Waals surface area contributed by atoms with E-state index in [1.165, 1.54) is 0 Å². The van der Waals surface area contributed by atoms with Gasteiger partial charge in [-0.05, 0) is 33.6 Å². The molecule has 0 aliphatic carbocycles. The lowest BCUT2D eigenvalue weighted by Gasteiger charge is -2.20. The molecule has 0 saturated carbocycles. The molecule has 0 saturated heterocycles. The molecule has 0 aromatic carbocycles. The fourth-order valence-electron chi connectivity index (χ4n) is 1.13. The van der Waals surface area contributed by atoms with Crippen molar-refractivity contribution in [2.24, 2.45) is 22.2 Å². The van der Waals surface area contributed by atoms with Crippen LogP contribution in [0.4, 0.5) is 0 Å². The molecule has 0 radical (unpaired) electrons. The van der Waals surface area contributed by atoms with E-state index < -0.39 is 23.4 Å². The van der Waals surface area contributed by atoms with Crippen molar-refractivity contribution >= 4 is 17.7 Å². The molecule has 6 N–H and O–H groups in total. The summed E-state index contributed by atoms with van der Waals surface area (Å²) in [6.45, 7) is 5.42. The van der Waals surface area contributed by atoms with Crippen LogP contribution in [0.2, 0.25) is 0 Å². The number of ether oxygens (including phenoxy) is 1. The molecule has 0 unspecified atom stereocenters. The van der Waals surface area contributed by atoms with E-state index in [1.807, 2.05) is 0 Å². The highest BCUT2D eigenvalue weighted by Gasteiger charge is 2.27. The molecule has 0 amide bonds. The lowest BCUT2D eigenvalue weighted by molar-refractivity contribution is -0.163. The Morgan fingerprint density at radius 1 is 1.28 bits per heavy atom. The monoisotopic (exact) mass is 258 g/mol. The van der Waals surface area contributed by atoms with Gasteiger partial charge >= 0.3 is 5.97 Å². The Bertz CT molecular complexity index is 330. The van der Waals surface area contributed by atoms with Gasteiger partial charge in [-0.3, -0.25) is 9.79 Å². The minimum atomic E-state index is -0.906. The van der Waals surface area contributed by atoms with Crippen LogP contribution in [0.15, 0.2) is 4.99 Å². The Morgan fingerprint density at radius 3 is 2.28 bits per heavy atom. The summed E-state index contributed by atoms with van der Waals surface area (Å²) in [6.07, 6.45) is 0.850. The molecule has 104 valence electrons. The first kappa shape index (κ1) is 16.4. The van der Waals surface area contributed by atoms with Gasteiger partial charge in [0, 0.05) is 6.54 Å². The van der Waals surface area contributed by atoms with E-state index >= 15 is 0 Å². The third-order valence-corrected chi connectivity index (χ3v) is 1.90. The van der Waals surface area contributed by atoms with Crippen LogP contribution in [-0.4, -0.2) is 35.9 Å². The molecule has 0 aliphatic rings. The van der Waals surface area contributed by atoms with Crippen LogP contribution in [0, 0.1) is 0 Å². The normalized spacial score (nSPS) is 12.7. The molecule has 0 rings (SSSR count). The number of hydrogen-bond donors (Lipinski definition) is 3. The fourth-order valence-corrected chi connectivity index (χ4v) is 1.13. The Hall–Kier alpha value is -1.63. The summed E-state index contributed by atoms with van der Waals surface area (Å²) in [5.41, 5.74) is 15.2. The van der Waals surface area contributed by atoms with Crippen LogP contribution < -0.4 is 17.2 Å². The summed E-state index contributed by atoms with van der Waals surface area (Å²) in [4.78, 5) is 26.7. The Morgan fingerprint density at radius 2 is 1.83 bits per heavy atom. The van der Waals surface area contributed by atoms with Gasteiger partial charge in [-0.25, -0.2) is 4.79 Å². The number of hydrogen-bond acceptors (Lipinski definition) is 5. The second-order valence-electron chi connectivity index (χ2n) is 4.92. The highest BCUT2D eigenvalue weighted by Crippen LogP contribution is 2.08. The molecule has 0 bridgehead atoms. The summed E-state index contributed by atoms with van der Waals surface area (Å²) in [7, 11) is 0. The van der Waals surface area contributed by atoms with Crippen molar-refractivity contribution in [3.63, 3.8) is 0 Å². The number of carbonyl (C=O) groups excluding carboxylic acids is 2. The van der Waals surface area contributed by atoms with Gasteiger partial charge < -0.3 is 21.9 Å². The summed E-state index contributed by atoms with van der Waals surface area (Å²) in [5, 5.41) is 0. The van der Waals surface area contributed by atoms with Crippen LogP contribution in [0.3, 0.4) is 0 Å². The van der Waals surface area contributed by atoms with Crippen molar-refractivity contribution in [1.82, 2.24) is 0 Å². The van der Waals surface area contributed by atoms with E-state index in [0.717, 1.165) is 0 Å². The van der Waals surface area contributed by atoms with Gasteiger partial charge in [0.25, 0.3) is 5.78 Å². The quantitative estimate of drug-likeness (QED) is 0.189. The van der Waals surface area contributed by atoms with Crippen molar-refractivity contribution in [1.29, 1.82) is 0 Å². The zero-order valence-corrected chi connectivity index (χ0v) is 11.1. The SMILES string of the molecule is CC(C)(C)OC(=O)C(=O)[C@@H](N)CCCN=C(N)N. The molecule has 0 heterocycles. The van der Waals surface area contributed by atoms with Gasteiger partial charge in [0.05, 0.1) is 6.04 Å². The topological polar surface area (TPSA) is 134 Å². The number of nitrogens with zero attached hydrogens (tertiary/aromatic N) is 1. The number of nitrogens with two attached hydrogens (primary N) is 3. The zero-order chi connectivity index (χ0) is 14.3. The van der Waals surface area contributed by atoms with Crippen molar-refractivity contribution in [2.45, 2.75) is 45.3 Å². The lowest BCUT2D eigenvalue weighted by Crippen LogP contribution is -2.40. The van der Waals surface area contributed by atoms with Crippen LogP contribution in [0.1, 0.15) is 33.6 Å². The number of Topliss-reactive ketones (excluding diaryl/α,β-unsaturated/α-hetero) is 1. The lowest BCUT2D eigenvalue weighted by atomic mass is 10.1. The van der Waals surface area contributed by atoms with Gasteiger partial charge in [0.2, 0.25) is 0 Å². The number of ketones is 1. The molecular weight excluding hydrogens is 236 g/mol. The first-order valence-electron chi connectivity index (χ1n) is 5.71. The average Bonchev–Trinajstić information content (AvgIpc) is 2.20. The predicted molar refractivity (Wildman–Crippen MR) is 68.7 cm³/mol. The molecule has 1 atom stereocenters. The standard InChI is InChI=1S/C11H22N4O3/c1-11(2,3)18-9(17)8(16)7(12)5-4-6-15-10(13)14/h7H,4-6,12H2,1-3H3,(H4,13,14,15)/t7-/m0/s1. The smallest absolute Gasteiger partial charge is 0.376 e. The second-order valence-corrected chi connectivity index (χ2v) is 4.92. The van der Waals surface area contributed by atoms with Crippen molar-refractivity contribution in [2.75, 3.05) is 6.54 Å². The third kappa shape index (κ3) is 7.61. The number of guanidine groups is 1. The molecule has 7 heteroatoms. The maximum atomic E-state index is 11.6. The Kier molecular flexibility index (Phi) is 6.32. The average molecular weight is 258 g/mol. The highest BCUT2D eigenvalue weighted by molar-refractivity contribution is 6.35. The summed E-state index contributed by atoms with van der Waals surface area (Å²) < 4.78 is 4.93. The maximum Gasteiger partial charge on any atom is 0.376 e. The molecular formula is C11H22N4O3. The fraction of sp³-hybridized carbons (Fsp3) is 0.727. The molecule has 0 aromatic rings. The molecule has 0 aliphatic heterocycles. The molecule has 0 aromatic heterocycles. The minimum Gasteiger partial charge on any atom is -0.454 e. The van der Waals surface area contributed by atoms with Crippen LogP contribution in [0.5, 0.6) is 0 Å². The van der Waals surface area contributed by atoms with E-state index in [2.05, 4.69) is 4.99 Å². The Labute approximate surface area is 107 Å². The predicted octanol–water partition coefficient (Wildman–Crippen LogP) is -0.722. The largest absolute Gasteiger partial charge is 0.454 e. The first-order valence-corrected chi connectivity index (χ1v) is 5.71. The molecule has 7 nitrogen and oxygen atoms in total. The number of aliphatic imine (C=N–C) groups is 1. The van der Waals surface area contributed by atoms with Gasteiger partial charge in [-0.1, -0.05) is 0 Å². The maximum absolute atomic E-state index is 11.6. The summed E-state index contributed by atoms with van der Waals surface area (Å²) >= 11 is 0. The van der Waals surface area contributed by atoms with Gasteiger partial charge in [-0.15, -0.1) is 0 Å². The summed E-state index contributed by atoms with van der Waals surface area (Å²) in [6, 6.07) is -0.881. The Balaban J connectivity index is 4.11. The highest BCUT2D eigenvalue weighted by atomic mass is 16.6. The number of rotatable bonds is 6. The van der Waals surface area contributed by atoms with E-state index in [4.69, 9.17) is 21.9 Å². The van der Waals surface area contributed by atoms with Crippen LogP contribution >= 0.6 is 0 Å². The number of carbonyl (C=O) groups is 2. The van der Waals surface area contributed by atoms with Crippen molar-refractivity contribution in [3.8, 4) is 0 Å². The second kappa shape index (κ2) is 6.95. The molecule has 18 heavy (non-hydrogen) atoms. The van der Waals surface area contributed by atoms with E-state index in [0.29, 0.717) is 19.4 Å². The third-order valence-electron chi connectivity index (χ3n) is 1.90. The first-order chi connectivity index (χ1) is 8.13. The molecule has 0 spiro atoms. The van der Waals surface area contributed by atoms with Gasteiger partial charge in [-0.2, -0.15) is 0 Å². The number of esters is 1. The summed E-state index contributed by atoms with van der Waals surface area (Å²) in [5.74, 6) is -1.64. The van der Waals surface area contributed by atoms with Gasteiger partial charge in [0.1, 0.15) is 5.60 Å².